The molecule has 26 heavy (non-hydrogen) atoms. The highest BCUT2D eigenvalue weighted by molar-refractivity contribution is 6.33. The third kappa shape index (κ3) is 3.65. The molecule has 0 bridgehead atoms. The lowest BCUT2D eigenvalue weighted by molar-refractivity contribution is 0.0903. The number of hydrogen-bond acceptors (Lipinski definition) is 4. The molecule has 0 aliphatic heterocycles. The van der Waals surface area contributed by atoms with Crippen LogP contribution in [0.3, 0.4) is 0 Å². The first-order valence-electron chi connectivity index (χ1n) is 8.38. The van der Waals surface area contributed by atoms with E-state index in [1.807, 2.05) is 50.7 Å². The van der Waals surface area contributed by atoms with Crippen LogP contribution in [0.5, 0.6) is 0 Å². The van der Waals surface area contributed by atoms with E-state index in [1.165, 1.54) is 0 Å². The summed E-state index contributed by atoms with van der Waals surface area (Å²) in [6, 6.07) is 8.83. The van der Waals surface area contributed by atoms with Crippen molar-refractivity contribution in [2.75, 3.05) is 0 Å². The van der Waals surface area contributed by atoms with Crippen LogP contribution in [0.25, 0.3) is 11.3 Å². The maximum absolute atomic E-state index is 12.5. The summed E-state index contributed by atoms with van der Waals surface area (Å²) in [5.74, 6) is -0.145. The largest absolute Gasteiger partial charge is 0.350 e. The van der Waals surface area contributed by atoms with Gasteiger partial charge in [0.1, 0.15) is 5.69 Å². The molecule has 0 fully saturated rings. The Hall–Kier alpha value is -2.60. The minimum Gasteiger partial charge on any atom is -0.350 e. The van der Waals surface area contributed by atoms with Gasteiger partial charge in [0.2, 0.25) is 5.76 Å². The standard InChI is InChI=1S/C19H21ClN4O2/c1-11(9-15-12(2)22-24(4)13(15)3)21-19(25)18-10-17(23-26-18)14-7-5-6-8-16(14)20/h5-8,10-11H,9H2,1-4H3,(H,21,25)/t11-/m0/s1. The fraction of sp³-hybridized carbons (Fsp3) is 0.316. The van der Waals surface area contributed by atoms with Gasteiger partial charge in [-0.2, -0.15) is 5.10 Å². The predicted octanol–water partition coefficient (Wildman–Crippen LogP) is 3.71. The van der Waals surface area contributed by atoms with Crippen molar-refractivity contribution in [1.82, 2.24) is 20.3 Å². The molecule has 0 unspecified atom stereocenters. The molecule has 0 aliphatic carbocycles. The van der Waals surface area contributed by atoms with E-state index in [-0.39, 0.29) is 17.7 Å². The molecule has 0 radical (unpaired) electrons. The van der Waals surface area contributed by atoms with Crippen molar-refractivity contribution in [2.45, 2.75) is 33.2 Å². The van der Waals surface area contributed by atoms with Gasteiger partial charge in [0.15, 0.2) is 0 Å². The Bertz CT molecular complexity index is 945. The first-order valence-corrected chi connectivity index (χ1v) is 8.76. The first kappa shape index (κ1) is 18.2. The van der Waals surface area contributed by atoms with Crippen LogP contribution in [-0.4, -0.2) is 26.9 Å². The summed E-state index contributed by atoms with van der Waals surface area (Å²) in [5.41, 5.74) is 4.49. The van der Waals surface area contributed by atoms with Gasteiger partial charge < -0.3 is 9.84 Å². The number of nitrogens with one attached hydrogen (secondary N) is 1. The van der Waals surface area contributed by atoms with Crippen LogP contribution in [0, 0.1) is 13.8 Å². The van der Waals surface area contributed by atoms with Gasteiger partial charge in [-0.25, -0.2) is 0 Å². The molecule has 1 N–H and O–H groups in total. The van der Waals surface area contributed by atoms with E-state index in [2.05, 4.69) is 15.6 Å². The van der Waals surface area contributed by atoms with E-state index in [4.69, 9.17) is 16.1 Å². The molecule has 136 valence electrons. The number of amides is 1. The minimum atomic E-state index is -0.303. The molecule has 0 spiro atoms. The normalized spacial score (nSPS) is 12.2. The molecule has 3 aromatic rings. The van der Waals surface area contributed by atoms with Crippen molar-refractivity contribution < 1.29 is 9.32 Å². The fourth-order valence-corrected chi connectivity index (χ4v) is 3.18. The van der Waals surface area contributed by atoms with E-state index in [9.17, 15) is 4.79 Å². The molecule has 7 heteroatoms. The third-order valence-corrected chi connectivity index (χ3v) is 4.76. The molecule has 2 aromatic heterocycles. The van der Waals surface area contributed by atoms with E-state index in [0.717, 1.165) is 22.5 Å². The van der Waals surface area contributed by atoms with Crippen LogP contribution in [-0.2, 0) is 13.5 Å². The highest BCUT2D eigenvalue weighted by Gasteiger charge is 2.19. The van der Waals surface area contributed by atoms with Gasteiger partial charge in [0, 0.05) is 30.4 Å². The van der Waals surface area contributed by atoms with E-state index in [1.54, 1.807) is 12.1 Å². The average Bonchev–Trinajstić information content (AvgIpc) is 3.17. The smallest absolute Gasteiger partial charge is 0.290 e. The molecule has 3 rings (SSSR count). The van der Waals surface area contributed by atoms with Crippen molar-refractivity contribution in [3.8, 4) is 11.3 Å². The topological polar surface area (TPSA) is 73.0 Å². The lowest BCUT2D eigenvalue weighted by Crippen LogP contribution is -2.34. The van der Waals surface area contributed by atoms with Crippen molar-refractivity contribution in [2.24, 2.45) is 7.05 Å². The van der Waals surface area contributed by atoms with Crippen molar-refractivity contribution >= 4 is 17.5 Å². The molecule has 1 aromatic carbocycles. The Kier molecular flexibility index (Phi) is 5.13. The molecule has 0 saturated heterocycles. The number of carbonyl (C=O) groups excluding carboxylic acids is 1. The molecular weight excluding hydrogens is 352 g/mol. The van der Waals surface area contributed by atoms with Crippen LogP contribution in [0.1, 0.15) is 34.4 Å². The summed E-state index contributed by atoms with van der Waals surface area (Å²) in [7, 11) is 1.92. The Labute approximate surface area is 157 Å². The van der Waals surface area contributed by atoms with Gasteiger partial charge in [0.05, 0.1) is 10.7 Å². The zero-order chi connectivity index (χ0) is 18.8. The zero-order valence-electron chi connectivity index (χ0n) is 15.2. The number of rotatable bonds is 5. The lowest BCUT2D eigenvalue weighted by atomic mass is 10.1. The van der Waals surface area contributed by atoms with Gasteiger partial charge in [-0.1, -0.05) is 35.0 Å². The Balaban J connectivity index is 1.69. The quantitative estimate of drug-likeness (QED) is 0.741. The zero-order valence-corrected chi connectivity index (χ0v) is 16.0. The lowest BCUT2D eigenvalue weighted by Gasteiger charge is -2.13. The molecule has 0 saturated carbocycles. The van der Waals surface area contributed by atoms with Crippen molar-refractivity contribution in [3.05, 3.63) is 58.1 Å². The second-order valence-corrected chi connectivity index (χ2v) is 6.82. The number of aryl methyl sites for hydroxylation is 2. The Morgan fingerprint density at radius 1 is 1.35 bits per heavy atom. The van der Waals surface area contributed by atoms with Crippen LogP contribution < -0.4 is 5.32 Å². The van der Waals surface area contributed by atoms with Gasteiger partial charge in [-0.15, -0.1) is 0 Å². The third-order valence-electron chi connectivity index (χ3n) is 4.43. The molecule has 6 nitrogen and oxygen atoms in total. The molecule has 1 atom stereocenters. The van der Waals surface area contributed by atoms with E-state index < -0.39 is 0 Å². The Morgan fingerprint density at radius 3 is 2.73 bits per heavy atom. The summed E-state index contributed by atoms with van der Waals surface area (Å²) in [6.45, 7) is 5.95. The molecule has 2 heterocycles. The predicted molar refractivity (Wildman–Crippen MR) is 100 cm³/mol. The highest BCUT2D eigenvalue weighted by atomic mass is 35.5. The van der Waals surface area contributed by atoms with Crippen molar-refractivity contribution in [1.29, 1.82) is 0 Å². The van der Waals surface area contributed by atoms with Gasteiger partial charge in [-0.05, 0) is 38.8 Å². The van der Waals surface area contributed by atoms with Gasteiger partial charge in [-0.3, -0.25) is 9.48 Å². The van der Waals surface area contributed by atoms with Crippen LogP contribution in [0.15, 0.2) is 34.9 Å². The monoisotopic (exact) mass is 372 g/mol. The maximum Gasteiger partial charge on any atom is 0.290 e. The first-order chi connectivity index (χ1) is 12.4. The number of halogens is 1. The maximum atomic E-state index is 12.5. The number of benzene rings is 1. The fourth-order valence-electron chi connectivity index (χ4n) is 2.94. The summed E-state index contributed by atoms with van der Waals surface area (Å²) >= 11 is 6.16. The summed E-state index contributed by atoms with van der Waals surface area (Å²) in [4.78, 5) is 12.5. The molecular formula is C19H21ClN4O2. The minimum absolute atomic E-state index is 0.0713. The second-order valence-electron chi connectivity index (χ2n) is 6.41. The van der Waals surface area contributed by atoms with E-state index >= 15 is 0 Å². The van der Waals surface area contributed by atoms with Crippen LogP contribution in [0.4, 0.5) is 0 Å². The Morgan fingerprint density at radius 2 is 2.08 bits per heavy atom. The average molecular weight is 373 g/mol. The molecule has 0 aliphatic rings. The number of hydrogen-bond donors (Lipinski definition) is 1. The van der Waals surface area contributed by atoms with Gasteiger partial charge >= 0.3 is 0 Å². The highest BCUT2D eigenvalue weighted by Crippen LogP contribution is 2.27. The number of nitrogens with zero attached hydrogens (tertiary/aromatic N) is 3. The number of aromatic nitrogens is 3. The molecule has 1 amide bonds. The summed E-state index contributed by atoms with van der Waals surface area (Å²) in [6.07, 6.45) is 0.697. The van der Waals surface area contributed by atoms with Crippen LogP contribution >= 0.6 is 11.6 Å². The van der Waals surface area contributed by atoms with Crippen molar-refractivity contribution in [3.63, 3.8) is 0 Å². The summed E-state index contributed by atoms with van der Waals surface area (Å²) < 4.78 is 7.05. The van der Waals surface area contributed by atoms with Gasteiger partial charge in [0.25, 0.3) is 5.91 Å². The second kappa shape index (κ2) is 7.33. The SMILES string of the molecule is Cc1nn(C)c(C)c1C[C@H](C)NC(=O)c1cc(-c2ccccc2Cl)no1. The van der Waals surface area contributed by atoms with E-state index in [0.29, 0.717) is 17.1 Å². The summed E-state index contributed by atoms with van der Waals surface area (Å²) in [5, 5.41) is 11.9. The number of carbonyl (C=O) groups is 1. The van der Waals surface area contributed by atoms with Crippen LogP contribution in [0.2, 0.25) is 5.02 Å².